The van der Waals surface area contributed by atoms with E-state index < -0.39 is 10.0 Å². The van der Waals surface area contributed by atoms with Gasteiger partial charge in [0.05, 0.1) is 12.2 Å². The molecule has 1 aromatic heterocycles. The highest BCUT2D eigenvalue weighted by molar-refractivity contribution is 7.89. The van der Waals surface area contributed by atoms with Gasteiger partial charge in [0.2, 0.25) is 15.9 Å². The average Bonchev–Trinajstić information content (AvgIpc) is 2.69. The molecule has 9 heteroatoms. The molecule has 0 spiro atoms. The van der Waals surface area contributed by atoms with Crippen molar-refractivity contribution in [3.63, 3.8) is 0 Å². The van der Waals surface area contributed by atoms with E-state index in [1.54, 1.807) is 30.3 Å². The van der Waals surface area contributed by atoms with Gasteiger partial charge in [-0.05, 0) is 31.2 Å². The number of sulfonamides is 1. The summed E-state index contributed by atoms with van der Waals surface area (Å²) < 4.78 is 26.6. The first-order valence-electron chi connectivity index (χ1n) is 8.90. The molecule has 8 nitrogen and oxygen atoms in total. The summed E-state index contributed by atoms with van der Waals surface area (Å²) in [5.41, 5.74) is 0.945. The second-order valence-corrected chi connectivity index (χ2v) is 8.46. The van der Waals surface area contributed by atoms with Crippen molar-refractivity contribution in [2.24, 2.45) is 0 Å². The molecule has 28 heavy (non-hydrogen) atoms. The first-order chi connectivity index (χ1) is 13.4. The molecule has 0 bridgehead atoms. The lowest BCUT2D eigenvalue weighted by Crippen LogP contribution is -2.50. The summed E-state index contributed by atoms with van der Waals surface area (Å²) in [5, 5.41) is 2.76. The molecule has 1 saturated heterocycles. The molecule has 0 radical (unpaired) electrons. The number of Topliss-reactive ketones (excluding diaryl/α,β-unsaturated/α-hetero) is 1. The summed E-state index contributed by atoms with van der Waals surface area (Å²) >= 11 is 0. The predicted molar refractivity (Wildman–Crippen MR) is 105 cm³/mol. The Morgan fingerprint density at radius 1 is 1.07 bits per heavy atom. The van der Waals surface area contributed by atoms with Crippen LogP contribution in [0.5, 0.6) is 0 Å². The fourth-order valence-corrected chi connectivity index (χ4v) is 4.46. The largest absolute Gasteiger partial charge is 0.324 e. The van der Waals surface area contributed by atoms with E-state index in [-0.39, 0.29) is 23.1 Å². The van der Waals surface area contributed by atoms with Crippen LogP contribution in [0.3, 0.4) is 0 Å². The number of para-hydroxylation sites is 1. The van der Waals surface area contributed by atoms with Gasteiger partial charge in [0.1, 0.15) is 4.90 Å². The fourth-order valence-electron chi connectivity index (χ4n) is 3.07. The summed E-state index contributed by atoms with van der Waals surface area (Å²) in [6, 6.07) is 9.96. The van der Waals surface area contributed by atoms with Crippen LogP contribution in [0.1, 0.15) is 17.3 Å². The van der Waals surface area contributed by atoms with Gasteiger partial charge in [-0.1, -0.05) is 12.1 Å². The first kappa shape index (κ1) is 20.1. The summed E-state index contributed by atoms with van der Waals surface area (Å²) in [7, 11) is -3.57. The summed E-state index contributed by atoms with van der Waals surface area (Å²) in [5.74, 6) is -0.359. The van der Waals surface area contributed by atoms with Crippen LogP contribution in [0, 0.1) is 0 Å². The molecule has 1 amide bonds. The Bertz CT molecular complexity index is 955. The van der Waals surface area contributed by atoms with Crippen molar-refractivity contribution in [2.45, 2.75) is 11.8 Å². The number of carbonyl (C=O) groups is 2. The van der Waals surface area contributed by atoms with Gasteiger partial charge in [-0.25, -0.2) is 8.42 Å². The number of pyridine rings is 1. The van der Waals surface area contributed by atoms with Crippen LogP contribution < -0.4 is 5.32 Å². The highest BCUT2D eigenvalue weighted by atomic mass is 32.2. The van der Waals surface area contributed by atoms with Crippen molar-refractivity contribution < 1.29 is 18.0 Å². The van der Waals surface area contributed by atoms with Gasteiger partial charge in [0, 0.05) is 44.1 Å². The molecule has 0 saturated carbocycles. The van der Waals surface area contributed by atoms with Crippen molar-refractivity contribution in [2.75, 3.05) is 38.0 Å². The molecule has 2 heterocycles. The Morgan fingerprint density at radius 2 is 1.79 bits per heavy atom. The zero-order chi connectivity index (χ0) is 20.1. The lowest BCUT2D eigenvalue weighted by Gasteiger charge is -2.33. The number of benzene rings is 1. The monoisotopic (exact) mass is 402 g/mol. The Morgan fingerprint density at radius 3 is 2.43 bits per heavy atom. The number of anilines is 1. The fraction of sp³-hybridized carbons (Fsp3) is 0.316. The SMILES string of the molecule is CC(=O)c1ccccc1NC(=O)CN1CCN(S(=O)(=O)c2cccnc2)CC1. The maximum absolute atomic E-state index is 12.6. The molecule has 1 fully saturated rings. The van der Waals surface area contributed by atoms with Crippen LogP contribution in [-0.4, -0.2) is 67.0 Å². The molecule has 2 aromatic rings. The third kappa shape index (κ3) is 4.61. The van der Waals surface area contributed by atoms with Crippen LogP contribution >= 0.6 is 0 Å². The predicted octanol–water partition coefficient (Wildman–Crippen LogP) is 1.23. The maximum atomic E-state index is 12.6. The van der Waals surface area contributed by atoms with E-state index in [1.165, 1.54) is 29.7 Å². The van der Waals surface area contributed by atoms with Gasteiger partial charge in [0.25, 0.3) is 0 Å². The lowest BCUT2D eigenvalue weighted by molar-refractivity contribution is -0.117. The van der Waals surface area contributed by atoms with Gasteiger partial charge in [-0.15, -0.1) is 0 Å². The average molecular weight is 402 g/mol. The van der Waals surface area contributed by atoms with Crippen molar-refractivity contribution in [3.05, 3.63) is 54.4 Å². The van der Waals surface area contributed by atoms with E-state index in [1.807, 2.05) is 4.90 Å². The number of rotatable bonds is 6. The van der Waals surface area contributed by atoms with E-state index in [0.717, 1.165) is 0 Å². The second kappa shape index (κ2) is 8.59. The number of nitrogens with one attached hydrogen (secondary N) is 1. The second-order valence-electron chi connectivity index (χ2n) is 6.52. The molecule has 1 N–H and O–H groups in total. The van der Waals surface area contributed by atoms with Gasteiger partial charge >= 0.3 is 0 Å². The first-order valence-corrected chi connectivity index (χ1v) is 10.3. The number of ketones is 1. The molecule has 1 aliphatic heterocycles. The van der Waals surface area contributed by atoms with Crippen LogP contribution in [0.15, 0.2) is 53.7 Å². The summed E-state index contributed by atoms with van der Waals surface area (Å²) in [4.78, 5) is 29.9. The number of hydrogen-bond acceptors (Lipinski definition) is 6. The number of aromatic nitrogens is 1. The molecule has 3 rings (SSSR count). The Balaban J connectivity index is 1.56. The molecule has 148 valence electrons. The highest BCUT2D eigenvalue weighted by Gasteiger charge is 2.29. The molecular weight excluding hydrogens is 380 g/mol. The van der Waals surface area contributed by atoms with E-state index in [9.17, 15) is 18.0 Å². The number of nitrogens with zero attached hydrogens (tertiary/aromatic N) is 3. The van der Waals surface area contributed by atoms with Gasteiger partial charge in [-0.3, -0.25) is 19.5 Å². The van der Waals surface area contributed by atoms with Crippen molar-refractivity contribution >= 4 is 27.4 Å². The lowest BCUT2D eigenvalue weighted by atomic mass is 10.1. The van der Waals surface area contributed by atoms with E-state index in [0.29, 0.717) is 37.4 Å². The zero-order valence-electron chi connectivity index (χ0n) is 15.5. The molecule has 1 aliphatic rings. The van der Waals surface area contributed by atoms with Crippen LogP contribution in [0.25, 0.3) is 0 Å². The van der Waals surface area contributed by atoms with Crippen LogP contribution in [0.4, 0.5) is 5.69 Å². The Kier molecular flexibility index (Phi) is 6.18. The van der Waals surface area contributed by atoms with Crippen molar-refractivity contribution in [1.29, 1.82) is 0 Å². The normalized spacial score (nSPS) is 15.9. The van der Waals surface area contributed by atoms with Gasteiger partial charge in [0.15, 0.2) is 5.78 Å². The number of hydrogen-bond donors (Lipinski definition) is 1. The smallest absolute Gasteiger partial charge is 0.244 e. The minimum absolute atomic E-state index is 0.120. The summed E-state index contributed by atoms with van der Waals surface area (Å²) in [6.45, 7) is 3.07. The number of carbonyl (C=O) groups excluding carboxylic acids is 2. The number of piperazine rings is 1. The van der Waals surface area contributed by atoms with Gasteiger partial charge in [-0.2, -0.15) is 4.31 Å². The molecule has 1 aromatic carbocycles. The zero-order valence-corrected chi connectivity index (χ0v) is 16.4. The number of amides is 1. The molecule has 0 unspecified atom stereocenters. The van der Waals surface area contributed by atoms with Crippen LogP contribution in [-0.2, 0) is 14.8 Å². The molecule has 0 aliphatic carbocycles. The van der Waals surface area contributed by atoms with Gasteiger partial charge < -0.3 is 5.32 Å². The third-order valence-electron chi connectivity index (χ3n) is 4.55. The van der Waals surface area contributed by atoms with E-state index in [4.69, 9.17) is 0 Å². The Labute approximate surface area is 164 Å². The highest BCUT2D eigenvalue weighted by Crippen LogP contribution is 2.17. The van der Waals surface area contributed by atoms with E-state index in [2.05, 4.69) is 10.3 Å². The quantitative estimate of drug-likeness (QED) is 0.730. The third-order valence-corrected chi connectivity index (χ3v) is 6.43. The van der Waals surface area contributed by atoms with Crippen molar-refractivity contribution in [3.8, 4) is 0 Å². The topological polar surface area (TPSA) is 99.7 Å². The Hall–Kier alpha value is -2.62. The maximum Gasteiger partial charge on any atom is 0.244 e. The minimum Gasteiger partial charge on any atom is -0.324 e. The van der Waals surface area contributed by atoms with E-state index >= 15 is 0 Å². The van der Waals surface area contributed by atoms with Crippen LogP contribution in [0.2, 0.25) is 0 Å². The van der Waals surface area contributed by atoms with Crippen molar-refractivity contribution in [1.82, 2.24) is 14.2 Å². The minimum atomic E-state index is -3.57. The summed E-state index contributed by atoms with van der Waals surface area (Å²) in [6.07, 6.45) is 2.86. The molecular formula is C19H22N4O4S. The standard InChI is InChI=1S/C19H22N4O4S/c1-15(24)17-6-2-3-7-18(17)21-19(25)14-22-9-11-23(12-10-22)28(26,27)16-5-4-8-20-13-16/h2-8,13H,9-12,14H2,1H3,(H,21,25). The molecule has 0 atom stereocenters.